The second-order valence-electron chi connectivity index (χ2n) is 4.31. The molecular weight excluding hydrogens is 256 g/mol. The molecule has 2 N–H and O–H groups in total. The van der Waals surface area contributed by atoms with E-state index in [1.165, 1.54) is 0 Å². The maximum Gasteiger partial charge on any atom is 0.191 e. The third-order valence-electron chi connectivity index (χ3n) is 2.74. The molecule has 0 spiro atoms. The van der Waals surface area contributed by atoms with Gasteiger partial charge < -0.3 is 24.7 Å². The van der Waals surface area contributed by atoms with Crippen LogP contribution in [0.5, 0.6) is 0 Å². The van der Waals surface area contributed by atoms with Crippen LogP contribution in [0.3, 0.4) is 0 Å². The fourth-order valence-corrected chi connectivity index (χ4v) is 1.67. The molecule has 0 unspecified atom stereocenters. The predicted molar refractivity (Wildman–Crippen MR) is 81.1 cm³/mol. The van der Waals surface area contributed by atoms with Crippen LogP contribution < -0.4 is 10.6 Å². The third-order valence-corrected chi connectivity index (χ3v) is 2.74. The van der Waals surface area contributed by atoms with Crippen molar-refractivity contribution in [1.29, 1.82) is 0 Å². The number of rotatable bonds is 10. The molecule has 1 aromatic rings. The molecule has 0 aliphatic rings. The summed E-state index contributed by atoms with van der Waals surface area (Å²) in [6.07, 6.45) is 5.05. The van der Waals surface area contributed by atoms with Gasteiger partial charge in [-0.1, -0.05) is 0 Å². The largest absolute Gasteiger partial charge is 0.382 e. The van der Waals surface area contributed by atoms with Gasteiger partial charge in [-0.3, -0.25) is 4.99 Å². The fraction of sp³-hybridized carbons (Fsp3) is 0.643. The van der Waals surface area contributed by atoms with E-state index in [2.05, 4.69) is 32.6 Å². The fourth-order valence-electron chi connectivity index (χ4n) is 1.67. The van der Waals surface area contributed by atoms with Crippen LogP contribution in [-0.4, -0.2) is 57.6 Å². The normalized spacial score (nSPS) is 11.6. The average molecular weight is 282 g/mol. The molecule has 0 radical (unpaired) electrons. The minimum absolute atomic E-state index is 0.649. The lowest BCUT2D eigenvalue weighted by Gasteiger charge is -2.12. The van der Waals surface area contributed by atoms with E-state index in [4.69, 9.17) is 9.47 Å². The van der Waals surface area contributed by atoms with Crippen molar-refractivity contribution in [2.24, 2.45) is 4.99 Å². The summed E-state index contributed by atoms with van der Waals surface area (Å²) in [5.74, 6) is 0.828. The van der Waals surface area contributed by atoms with Crippen molar-refractivity contribution in [2.75, 3.05) is 47.1 Å². The summed E-state index contributed by atoms with van der Waals surface area (Å²) in [4.78, 5) is 4.18. The Bertz CT molecular complexity index is 352. The summed E-state index contributed by atoms with van der Waals surface area (Å²) in [6, 6.07) is 4.05. The first kappa shape index (κ1) is 16.5. The smallest absolute Gasteiger partial charge is 0.191 e. The molecule has 0 bridgehead atoms. The van der Waals surface area contributed by atoms with Gasteiger partial charge in [0.1, 0.15) is 0 Å². The third kappa shape index (κ3) is 7.81. The number of aromatic nitrogens is 1. The molecule has 6 nitrogen and oxygen atoms in total. The second kappa shape index (κ2) is 11.3. The Morgan fingerprint density at radius 3 is 2.55 bits per heavy atom. The Morgan fingerprint density at radius 1 is 1.10 bits per heavy atom. The Morgan fingerprint density at radius 2 is 1.85 bits per heavy atom. The van der Waals surface area contributed by atoms with E-state index in [0.29, 0.717) is 13.2 Å². The van der Waals surface area contributed by atoms with Gasteiger partial charge in [0.15, 0.2) is 5.96 Å². The highest BCUT2D eigenvalue weighted by molar-refractivity contribution is 5.79. The van der Waals surface area contributed by atoms with E-state index in [-0.39, 0.29) is 0 Å². The van der Waals surface area contributed by atoms with E-state index in [1.807, 2.05) is 12.1 Å². The summed E-state index contributed by atoms with van der Waals surface area (Å²) in [5, 5.41) is 6.53. The summed E-state index contributed by atoms with van der Waals surface area (Å²) < 4.78 is 12.4. The Hall–Kier alpha value is -1.53. The molecule has 1 aromatic heterocycles. The predicted octanol–water partition coefficient (Wildman–Crippen LogP) is 0.706. The van der Waals surface area contributed by atoms with Gasteiger partial charge in [-0.05, 0) is 18.6 Å². The van der Waals surface area contributed by atoms with Gasteiger partial charge >= 0.3 is 0 Å². The molecule has 0 saturated carbocycles. The molecule has 114 valence electrons. The van der Waals surface area contributed by atoms with Gasteiger partial charge in [-0.25, -0.2) is 0 Å². The van der Waals surface area contributed by atoms with Crippen LogP contribution in [-0.2, 0) is 16.0 Å². The van der Waals surface area contributed by atoms with Gasteiger partial charge in [0.2, 0.25) is 0 Å². The molecule has 6 heteroatoms. The van der Waals surface area contributed by atoms with Crippen LogP contribution in [0.4, 0.5) is 0 Å². The standard InChI is InChI=1S/C14H26N4O2/c1-15-14(16-6-5-11-20-13-12-19-2)17-7-10-18-8-3-4-9-18/h3-4,8-9H,5-7,10-13H2,1-2H3,(H2,15,16,17). The van der Waals surface area contributed by atoms with Gasteiger partial charge in [-0.15, -0.1) is 0 Å². The van der Waals surface area contributed by atoms with Crippen LogP contribution in [0.2, 0.25) is 0 Å². The van der Waals surface area contributed by atoms with Crippen LogP contribution in [0.15, 0.2) is 29.5 Å². The number of nitrogens with zero attached hydrogens (tertiary/aromatic N) is 2. The lowest BCUT2D eigenvalue weighted by Crippen LogP contribution is -2.39. The van der Waals surface area contributed by atoms with Crippen LogP contribution >= 0.6 is 0 Å². The molecule has 0 amide bonds. The Balaban J connectivity index is 1.99. The van der Waals surface area contributed by atoms with E-state index < -0.39 is 0 Å². The molecule has 1 rings (SSSR count). The van der Waals surface area contributed by atoms with Gasteiger partial charge in [0.25, 0.3) is 0 Å². The summed E-state index contributed by atoms with van der Waals surface area (Å²) in [7, 11) is 3.45. The van der Waals surface area contributed by atoms with Crippen molar-refractivity contribution in [1.82, 2.24) is 15.2 Å². The minimum Gasteiger partial charge on any atom is -0.382 e. The summed E-state index contributed by atoms with van der Waals surface area (Å²) in [6.45, 7) is 4.65. The zero-order chi connectivity index (χ0) is 14.5. The van der Waals surface area contributed by atoms with E-state index in [1.54, 1.807) is 14.2 Å². The summed E-state index contributed by atoms with van der Waals surface area (Å²) >= 11 is 0. The zero-order valence-corrected chi connectivity index (χ0v) is 12.5. The molecule has 0 aliphatic heterocycles. The van der Waals surface area contributed by atoms with Crippen LogP contribution in [0.25, 0.3) is 0 Å². The van der Waals surface area contributed by atoms with E-state index in [9.17, 15) is 0 Å². The number of nitrogens with one attached hydrogen (secondary N) is 2. The van der Waals surface area contributed by atoms with Crippen molar-refractivity contribution in [2.45, 2.75) is 13.0 Å². The highest BCUT2D eigenvalue weighted by atomic mass is 16.5. The maximum atomic E-state index is 5.39. The minimum atomic E-state index is 0.649. The van der Waals surface area contributed by atoms with Gasteiger partial charge in [0.05, 0.1) is 13.2 Å². The quantitative estimate of drug-likeness (QED) is 0.377. The molecule has 0 saturated heterocycles. The lowest BCUT2D eigenvalue weighted by molar-refractivity contribution is 0.0698. The summed E-state index contributed by atoms with van der Waals surface area (Å²) in [5.41, 5.74) is 0. The van der Waals surface area contributed by atoms with Crippen LogP contribution in [0, 0.1) is 0 Å². The molecule has 0 aliphatic carbocycles. The maximum absolute atomic E-state index is 5.39. The van der Waals surface area contributed by atoms with E-state index in [0.717, 1.165) is 38.6 Å². The highest BCUT2D eigenvalue weighted by Gasteiger charge is 1.96. The molecule has 0 fully saturated rings. The van der Waals surface area contributed by atoms with Crippen LogP contribution in [0.1, 0.15) is 6.42 Å². The topological polar surface area (TPSA) is 59.8 Å². The highest BCUT2D eigenvalue weighted by Crippen LogP contribution is 1.88. The SMILES string of the molecule is CN=C(NCCCOCCOC)NCCn1cccc1. The Kier molecular flexibility index (Phi) is 9.34. The van der Waals surface area contributed by atoms with Crippen molar-refractivity contribution in [3.05, 3.63) is 24.5 Å². The van der Waals surface area contributed by atoms with Gasteiger partial charge in [0, 0.05) is 52.8 Å². The monoisotopic (exact) mass is 282 g/mol. The number of guanidine groups is 1. The molecule has 20 heavy (non-hydrogen) atoms. The van der Waals surface area contributed by atoms with Crippen molar-refractivity contribution >= 4 is 5.96 Å². The number of aliphatic imine (C=N–C) groups is 1. The van der Waals surface area contributed by atoms with Crippen molar-refractivity contribution in [3.8, 4) is 0 Å². The molecule has 0 atom stereocenters. The molecule has 0 aromatic carbocycles. The number of hydrogen-bond acceptors (Lipinski definition) is 3. The lowest BCUT2D eigenvalue weighted by atomic mass is 10.4. The van der Waals surface area contributed by atoms with Crippen molar-refractivity contribution in [3.63, 3.8) is 0 Å². The second-order valence-corrected chi connectivity index (χ2v) is 4.31. The Labute approximate surface area is 121 Å². The van der Waals surface area contributed by atoms with Gasteiger partial charge in [-0.2, -0.15) is 0 Å². The molecule has 1 heterocycles. The number of hydrogen-bond donors (Lipinski definition) is 2. The zero-order valence-electron chi connectivity index (χ0n) is 12.5. The van der Waals surface area contributed by atoms with Crippen molar-refractivity contribution < 1.29 is 9.47 Å². The molecular formula is C14H26N4O2. The average Bonchev–Trinajstić information content (AvgIpc) is 2.97. The number of ether oxygens (including phenoxy) is 2. The first-order valence-corrected chi connectivity index (χ1v) is 6.98. The first-order valence-electron chi connectivity index (χ1n) is 6.98. The van der Waals surface area contributed by atoms with E-state index >= 15 is 0 Å². The first-order chi connectivity index (χ1) is 9.86. The number of methoxy groups -OCH3 is 1.